The van der Waals surface area contributed by atoms with Crippen molar-refractivity contribution in [2.45, 2.75) is 34.3 Å². The van der Waals surface area contributed by atoms with Crippen molar-refractivity contribution in [2.24, 2.45) is 0 Å². The molecule has 34 heavy (non-hydrogen) atoms. The van der Waals surface area contributed by atoms with Gasteiger partial charge in [0.2, 0.25) is 0 Å². The molecule has 1 N–H and O–H groups in total. The second-order valence-electron chi connectivity index (χ2n) is 8.16. The molecule has 0 aliphatic heterocycles. The van der Waals surface area contributed by atoms with Gasteiger partial charge in [-0.1, -0.05) is 35.9 Å². The highest BCUT2D eigenvalue weighted by molar-refractivity contribution is 6.32. The number of carbonyl (C=O) groups excluding carboxylic acids is 1. The Morgan fingerprint density at radius 3 is 2.29 bits per heavy atom. The summed E-state index contributed by atoms with van der Waals surface area (Å²) in [5.41, 5.74) is 6.70. The molecule has 0 fully saturated rings. The minimum absolute atomic E-state index is 0.0554. The fourth-order valence-electron chi connectivity index (χ4n) is 3.34. The van der Waals surface area contributed by atoms with Crippen molar-refractivity contribution in [1.82, 2.24) is 0 Å². The zero-order valence-electron chi connectivity index (χ0n) is 20.0. The van der Waals surface area contributed by atoms with E-state index in [9.17, 15) is 10.1 Å². The molecule has 0 aliphatic rings. The lowest BCUT2D eigenvalue weighted by Gasteiger charge is -2.14. The maximum absolute atomic E-state index is 12.7. The number of halogens is 1. The SMILES string of the molecule is COc1cc(/C=C(\C#N)C(=O)Nc2ccc(C)c(C)c2)cc(Cl)c1OCc1ccc(C)c(C)c1. The minimum Gasteiger partial charge on any atom is -0.493 e. The van der Waals surface area contributed by atoms with Gasteiger partial charge >= 0.3 is 0 Å². The number of amides is 1. The molecule has 0 saturated heterocycles. The van der Waals surface area contributed by atoms with E-state index in [1.807, 2.05) is 44.2 Å². The van der Waals surface area contributed by atoms with Gasteiger partial charge in [0.1, 0.15) is 18.2 Å². The third-order valence-electron chi connectivity index (χ3n) is 5.65. The van der Waals surface area contributed by atoms with E-state index in [4.69, 9.17) is 21.1 Å². The highest BCUT2D eigenvalue weighted by atomic mass is 35.5. The molecule has 0 radical (unpaired) electrons. The Kier molecular flexibility index (Phi) is 7.99. The summed E-state index contributed by atoms with van der Waals surface area (Å²) in [4.78, 5) is 12.7. The third-order valence-corrected chi connectivity index (χ3v) is 5.93. The molecule has 6 heteroatoms. The molecule has 0 spiro atoms. The van der Waals surface area contributed by atoms with E-state index in [2.05, 4.69) is 25.2 Å². The molecule has 0 atom stereocenters. The molecule has 0 unspecified atom stereocenters. The quantitative estimate of drug-likeness (QED) is 0.305. The van der Waals surface area contributed by atoms with Crippen molar-refractivity contribution in [3.05, 3.63) is 92.5 Å². The van der Waals surface area contributed by atoms with Crippen LogP contribution < -0.4 is 14.8 Å². The Morgan fingerprint density at radius 1 is 1.00 bits per heavy atom. The Morgan fingerprint density at radius 2 is 1.68 bits per heavy atom. The van der Waals surface area contributed by atoms with Crippen molar-refractivity contribution in [3.63, 3.8) is 0 Å². The van der Waals surface area contributed by atoms with Crippen LogP contribution in [0.1, 0.15) is 33.4 Å². The third kappa shape index (κ3) is 5.98. The number of nitrogens with one attached hydrogen (secondary N) is 1. The van der Waals surface area contributed by atoms with Crippen LogP contribution in [0, 0.1) is 39.0 Å². The molecular formula is C28H27ClN2O3. The lowest BCUT2D eigenvalue weighted by atomic mass is 10.1. The van der Waals surface area contributed by atoms with E-state index in [1.54, 1.807) is 18.2 Å². The van der Waals surface area contributed by atoms with Crippen molar-refractivity contribution in [2.75, 3.05) is 12.4 Å². The number of hydrogen-bond acceptors (Lipinski definition) is 4. The summed E-state index contributed by atoms with van der Waals surface area (Å²) < 4.78 is 11.4. The van der Waals surface area contributed by atoms with Gasteiger partial charge in [-0.2, -0.15) is 5.26 Å². The van der Waals surface area contributed by atoms with E-state index in [0.717, 1.165) is 16.7 Å². The normalized spacial score (nSPS) is 11.0. The molecule has 5 nitrogen and oxygen atoms in total. The van der Waals surface area contributed by atoms with Crippen molar-refractivity contribution >= 4 is 29.3 Å². The van der Waals surface area contributed by atoms with E-state index in [1.165, 1.54) is 24.3 Å². The van der Waals surface area contributed by atoms with Crippen LogP contribution in [0.4, 0.5) is 5.69 Å². The number of rotatable bonds is 7. The van der Waals surface area contributed by atoms with Gasteiger partial charge in [0.25, 0.3) is 5.91 Å². The average Bonchev–Trinajstić information content (AvgIpc) is 2.80. The van der Waals surface area contributed by atoms with Crippen molar-refractivity contribution < 1.29 is 14.3 Å². The zero-order valence-corrected chi connectivity index (χ0v) is 20.7. The first kappa shape index (κ1) is 24.9. The number of benzene rings is 3. The molecule has 0 aliphatic carbocycles. The van der Waals surface area contributed by atoms with Crippen LogP contribution in [0.3, 0.4) is 0 Å². The molecule has 0 bridgehead atoms. The largest absolute Gasteiger partial charge is 0.493 e. The number of aryl methyl sites for hydroxylation is 4. The standard InChI is InChI=1S/C28H27ClN2O3/c1-17-6-8-21(10-19(17)3)16-34-27-25(29)13-22(14-26(27)33-5)12-23(15-30)28(32)31-24-9-7-18(2)20(4)11-24/h6-14H,16H2,1-5H3,(H,31,32)/b23-12+. The Hall–Kier alpha value is -3.75. The van der Waals surface area contributed by atoms with Crippen LogP contribution in [0.5, 0.6) is 11.5 Å². The molecule has 1 amide bonds. The smallest absolute Gasteiger partial charge is 0.266 e. The summed E-state index contributed by atoms with van der Waals surface area (Å²) in [5, 5.41) is 12.7. The Balaban J connectivity index is 1.82. The Bertz CT molecular complexity index is 1310. The molecule has 0 aromatic heterocycles. The second-order valence-corrected chi connectivity index (χ2v) is 8.57. The fraction of sp³-hybridized carbons (Fsp3) is 0.214. The number of ether oxygens (including phenoxy) is 2. The monoisotopic (exact) mass is 474 g/mol. The number of methoxy groups -OCH3 is 1. The lowest BCUT2D eigenvalue weighted by Crippen LogP contribution is -2.13. The number of anilines is 1. The van der Waals surface area contributed by atoms with E-state index in [-0.39, 0.29) is 5.57 Å². The summed E-state index contributed by atoms with van der Waals surface area (Å²) in [6.07, 6.45) is 1.47. The number of nitriles is 1. The fourth-order valence-corrected chi connectivity index (χ4v) is 3.62. The first-order valence-electron chi connectivity index (χ1n) is 10.8. The summed E-state index contributed by atoms with van der Waals surface area (Å²) in [7, 11) is 1.51. The Labute approximate surface area is 205 Å². The van der Waals surface area contributed by atoms with Gasteiger partial charge in [-0.05, 0) is 91.4 Å². The lowest BCUT2D eigenvalue weighted by molar-refractivity contribution is -0.112. The van der Waals surface area contributed by atoms with Gasteiger partial charge in [0, 0.05) is 5.69 Å². The van der Waals surface area contributed by atoms with Crippen LogP contribution in [0.15, 0.2) is 54.1 Å². The van der Waals surface area contributed by atoms with E-state index < -0.39 is 5.91 Å². The highest BCUT2D eigenvalue weighted by Gasteiger charge is 2.15. The molecule has 0 heterocycles. The van der Waals surface area contributed by atoms with Gasteiger partial charge < -0.3 is 14.8 Å². The first-order valence-corrected chi connectivity index (χ1v) is 11.2. The molecule has 3 rings (SSSR count). The van der Waals surface area contributed by atoms with Gasteiger partial charge in [-0.3, -0.25) is 4.79 Å². The van der Waals surface area contributed by atoms with E-state index >= 15 is 0 Å². The molecular weight excluding hydrogens is 448 g/mol. The number of nitrogens with zero attached hydrogens (tertiary/aromatic N) is 1. The van der Waals surface area contributed by atoms with Crippen LogP contribution in [0.25, 0.3) is 6.08 Å². The summed E-state index contributed by atoms with van der Waals surface area (Å²) in [5.74, 6) is 0.308. The van der Waals surface area contributed by atoms with Gasteiger partial charge in [-0.25, -0.2) is 0 Å². The minimum atomic E-state index is -0.504. The van der Waals surface area contributed by atoms with Crippen LogP contribution in [0.2, 0.25) is 5.02 Å². The predicted octanol–water partition coefficient (Wildman–Crippen LogP) is 6.71. The van der Waals surface area contributed by atoms with Crippen LogP contribution in [-0.2, 0) is 11.4 Å². The molecule has 3 aromatic rings. The zero-order chi connectivity index (χ0) is 24.8. The maximum atomic E-state index is 12.7. The number of hydrogen-bond donors (Lipinski definition) is 1. The topological polar surface area (TPSA) is 71.3 Å². The first-order chi connectivity index (χ1) is 16.2. The van der Waals surface area contributed by atoms with Crippen molar-refractivity contribution in [3.8, 4) is 17.6 Å². The second kappa shape index (κ2) is 10.9. The van der Waals surface area contributed by atoms with Gasteiger partial charge in [0.15, 0.2) is 11.5 Å². The van der Waals surface area contributed by atoms with Gasteiger partial charge in [0.05, 0.1) is 12.1 Å². The molecule has 0 saturated carbocycles. The summed E-state index contributed by atoms with van der Waals surface area (Å²) in [6, 6.07) is 17.0. The molecule has 174 valence electrons. The summed E-state index contributed by atoms with van der Waals surface area (Å²) >= 11 is 6.49. The van der Waals surface area contributed by atoms with Crippen LogP contribution >= 0.6 is 11.6 Å². The maximum Gasteiger partial charge on any atom is 0.266 e. The number of carbonyl (C=O) groups is 1. The summed E-state index contributed by atoms with van der Waals surface area (Å²) in [6.45, 7) is 8.39. The average molecular weight is 475 g/mol. The van der Waals surface area contributed by atoms with Crippen LogP contribution in [-0.4, -0.2) is 13.0 Å². The highest BCUT2D eigenvalue weighted by Crippen LogP contribution is 2.37. The predicted molar refractivity (Wildman–Crippen MR) is 136 cm³/mol. The van der Waals surface area contributed by atoms with Crippen molar-refractivity contribution in [1.29, 1.82) is 5.26 Å². The van der Waals surface area contributed by atoms with Gasteiger partial charge in [-0.15, -0.1) is 0 Å². The van der Waals surface area contributed by atoms with E-state index in [0.29, 0.717) is 34.4 Å². The molecule has 3 aromatic carbocycles.